The molecule has 0 aliphatic heterocycles. The molecule has 0 amide bonds. The number of benzene rings is 1. The molecular weight excluding hydrogens is 280 g/mol. The van der Waals surface area contributed by atoms with Crippen molar-refractivity contribution >= 4 is 23.1 Å². The average molecular weight is 300 g/mol. The molecule has 20 heavy (non-hydrogen) atoms. The molecule has 1 N–H and O–H groups in total. The molecule has 0 aliphatic carbocycles. The van der Waals surface area contributed by atoms with Crippen LogP contribution in [0.2, 0.25) is 0 Å². The predicted octanol–water partition coefficient (Wildman–Crippen LogP) is 3.17. The van der Waals surface area contributed by atoms with E-state index >= 15 is 0 Å². The van der Waals surface area contributed by atoms with Crippen molar-refractivity contribution in [1.82, 2.24) is 0 Å². The lowest BCUT2D eigenvalue weighted by Crippen LogP contribution is -2.05. The summed E-state index contributed by atoms with van der Waals surface area (Å²) in [4.78, 5) is 10.7. The molecule has 6 nitrogen and oxygen atoms in total. The first kappa shape index (κ1) is 16.4. The van der Waals surface area contributed by atoms with Crippen LogP contribution in [0.25, 0.3) is 0 Å². The summed E-state index contributed by atoms with van der Waals surface area (Å²) in [5.41, 5.74) is 0.448. The van der Waals surface area contributed by atoms with E-state index in [4.69, 9.17) is 9.47 Å². The second-order valence-electron chi connectivity index (χ2n) is 4.11. The SMILES string of the molecule is COc1cc(NCCCCSC)c([N+](=O)[O-])cc1OC. The van der Waals surface area contributed by atoms with Gasteiger partial charge in [0.1, 0.15) is 5.69 Å². The maximum Gasteiger partial charge on any atom is 0.296 e. The van der Waals surface area contributed by atoms with Gasteiger partial charge in [0.25, 0.3) is 5.69 Å². The molecule has 0 radical (unpaired) electrons. The number of nitrogens with zero attached hydrogens (tertiary/aromatic N) is 1. The molecule has 1 rings (SSSR count). The normalized spacial score (nSPS) is 10.2. The van der Waals surface area contributed by atoms with E-state index in [1.165, 1.54) is 20.3 Å². The quantitative estimate of drug-likeness (QED) is 0.429. The van der Waals surface area contributed by atoms with Crippen LogP contribution in [0.5, 0.6) is 11.5 Å². The summed E-state index contributed by atoms with van der Waals surface area (Å²) in [6.45, 7) is 0.691. The highest BCUT2D eigenvalue weighted by atomic mass is 32.2. The summed E-state index contributed by atoms with van der Waals surface area (Å²) in [7, 11) is 2.96. The van der Waals surface area contributed by atoms with Crippen molar-refractivity contribution in [2.45, 2.75) is 12.8 Å². The number of methoxy groups -OCH3 is 2. The van der Waals surface area contributed by atoms with Gasteiger partial charge >= 0.3 is 0 Å². The summed E-state index contributed by atoms with van der Waals surface area (Å²) >= 11 is 1.79. The van der Waals surface area contributed by atoms with Crippen molar-refractivity contribution < 1.29 is 14.4 Å². The van der Waals surface area contributed by atoms with Crippen molar-refractivity contribution in [2.24, 2.45) is 0 Å². The Labute approximate surface area is 123 Å². The van der Waals surface area contributed by atoms with E-state index in [2.05, 4.69) is 11.6 Å². The maximum absolute atomic E-state index is 11.1. The van der Waals surface area contributed by atoms with Gasteiger partial charge < -0.3 is 14.8 Å². The number of nitrogens with one attached hydrogen (secondary N) is 1. The lowest BCUT2D eigenvalue weighted by Gasteiger charge is -2.12. The van der Waals surface area contributed by atoms with Crippen LogP contribution in [0.15, 0.2) is 12.1 Å². The van der Waals surface area contributed by atoms with Gasteiger partial charge in [-0.1, -0.05) is 0 Å². The standard InChI is InChI=1S/C13H20N2O4S/c1-18-12-8-10(14-6-4-5-7-20-3)11(15(16)17)9-13(12)19-2/h8-9,14H,4-7H2,1-3H3. The Hall–Kier alpha value is -1.63. The number of rotatable bonds is 9. The summed E-state index contributed by atoms with van der Waals surface area (Å²) in [6, 6.07) is 2.98. The topological polar surface area (TPSA) is 73.6 Å². The van der Waals surface area contributed by atoms with Crippen LogP contribution in [-0.2, 0) is 0 Å². The largest absolute Gasteiger partial charge is 0.493 e. The molecule has 0 spiro atoms. The first-order chi connectivity index (χ1) is 9.63. The van der Waals surface area contributed by atoms with Gasteiger partial charge in [-0.15, -0.1) is 0 Å². The highest BCUT2D eigenvalue weighted by molar-refractivity contribution is 7.98. The number of ether oxygens (including phenoxy) is 2. The Kier molecular flexibility index (Phi) is 7.00. The highest BCUT2D eigenvalue weighted by Crippen LogP contribution is 2.37. The van der Waals surface area contributed by atoms with Crippen LogP contribution >= 0.6 is 11.8 Å². The molecule has 1 aromatic rings. The van der Waals surface area contributed by atoms with Crippen molar-refractivity contribution in [1.29, 1.82) is 0 Å². The summed E-state index contributed by atoms with van der Waals surface area (Å²) in [5, 5.41) is 14.2. The van der Waals surface area contributed by atoms with E-state index in [0.29, 0.717) is 23.7 Å². The fourth-order valence-electron chi connectivity index (χ4n) is 1.76. The van der Waals surface area contributed by atoms with E-state index in [9.17, 15) is 10.1 Å². The molecule has 1 aromatic carbocycles. The molecule has 0 unspecified atom stereocenters. The third-order valence-electron chi connectivity index (χ3n) is 2.79. The third-order valence-corrected chi connectivity index (χ3v) is 3.49. The first-order valence-corrected chi connectivity index (χ1v) is 7.66. The summed E-state index contributed by atoms with van der Waals surface area (Å²) in [5.74, 6) is 1.92. The highest BCUT2D eigenvalue weighted by Gasteiger charge is 2.19. The zero-order chi connectivity index (χ0) is 15.0. The fraction of sp³-hybridized carbons (Fsp3) is 0.538. The zero-order valence-electron chi connectivity index (χ0n) is 12.0. The van der Waals surface area contributed by atoms with Gasteiger partial charge in [0, 0.05) is 12.6 Å². The molecule has 0 aromatic heterocycles. The van der Waals surface area contributed by atoms with Crippen LogP contribution in [-0.4, -0.2) is 37.7 Å². The number of thioether (sulfide) groups is 1. The van der Waals surface area contributed by atoms with Gasteiger partial charge in [0.2, 0.25) is 0 Å². The van der Waals surface area contributed by atoms with E-state index < -0.39 is 4.92 Å². The molecule has 0 heterocycles. The minimum atomic E-state index is -0.424. The lowest BCUT2D eigenvalue weighted by atomic mass is 10.2. The van der Waals surface area contributed by atoms with Gasteiger partial charge in [0.15, 0.2) is 11.5 Å². The number of nitro benzene ring substituents is 1. The second kappa shape index (κ2) is 8.52. The van der Waals surface area contributed by atoms with Crippen LogP contribution in [0, 0.1) is 10.1 Å². The van der Waals surface area contributed by atoms with Crippen molar-refractivity contribution in [3.63, 3.8) is 0 Å². The zero-order valence-corrected chi connectivity index (χ0v) is 12.8. The molecule has 0 aliphatic rings. The fourth-order valence-corrected chi connectivity index (χ4v) is 2.25. The summed E-state index contributed by atoms with van der Waals surface area (Å²) in [6.07, 6.45) is 4.11. The molecule has 0 bridgehead atoms. The van der Waals surface area contributed by atoms with Crippen LogP contribution < -0.4 is 14.8 Å². The van der Waals surface area contributed by atoms with E-state index in [1.807, 2.05) is 0 Å². The first-order valence-electron chi connectivity index (χ1n) is 6.27. The van der Waals surface area contributed by atoms with Gasteiger partial charge in [-0.25, -0.2) is 0 Å². The number of nitro groups is 1. The van der Waals surface area contributed by atoms with E-state index in [1.54, 1.807) is 17.8 Å². The number of hydrogen-bond donors (Lipinski definition) is 1. The number of unbranched alkanes of at least 4 members (excludes halogenated alkanes) is 1. The second-order valence-corrected chi connectivity index (χ2v) is 5.09. The van der Waals surface area contributed by atoms with Gasteiger partial charge in [0.05, 0.1) is 25.2 Å². The molecule has 112 valence electrons. The van der Waals surface area contributed by atoms with Crippen molar-refractivity contribution in [3.8, 4) is 11.5 Å². The molecule has 0 saturated heterocycles. The van der Waals surface area contributed by atoms with Crippen LogP contribution in [0.1, 0.15) is 12.8 Å². The summed E-state index contributed by atoms with van der Waals surface area (Å²) < 4.78 is 10.2. The van der Waals surface area contributed by atoms with Crippen molar-refractivity contribution in [2.75, 3.05) is 38.1 Å². The number of hydrogen-bond acceptors (Lipinski definition) is 6. The maximum atomic E-state index is 11.1. The molecule has 0 saturated carbocycles. The van der Waals surface area contributed by atoms with Crippen LogP contribution in [0.4, 0.5) is 11.4 Å². The molecule has 0 fully saturated rings. The van der Waals surface area contributed by atoms with Crippen LogP contribution in [0.3, 0.4) is 0 Å². The van der Waals surface area contributed by atoms with E-state index in [0.717, 1.165) is 18.6 Å². The number of anilines is 1. The third kappa shape index (κ3) is 4.48. The molecular formula is C13H20N2O4S. The Balaban J connectivity index is 2.84. The molecule has 7 heteroatoms. The Morgan fingerprint density at radius 2 is 1.90 bits per heavy atom. The average Bonchev–Trinajstić information content (AvgIpc) is 2.46. The Morgan fingerprint density at radius 1 is 1.25 bits per heavy atom. The Morgan fingerprint density at radius 3 is 2.45 bits per heavy atom. The van der Waals surface area contributed by atoms with Gasteiger partial charge in [-0.3, -0.25) is 10.1 Å². The molecule has 0 atom stereocenters. The minimum absolute atomic E-state index is 0.00693. The monoisotopic (exact) mass is 300 g/mol. The van der Waals surface area contributed by atoms with E-state index in [-0.39, 0.29) is 5.69 Å². The minimum Gasteiger partial charge on any atom is -0.493 e. The van der Waals surface area contributed by atoms with Gasteiger partial charge in [-0.2, -0.15) is 11.8 Å². The smallest absolute Gasteiger partial charge is 0.296 e. The van der Waals surface area contributed by atoms with Crippen molar-refractivity contribution in [3.05, 3.63) is 22.2 Å². The predicted molar refractivity (Wildman–Crippen MR) is 82.3 cm³/mol. The Bertz CT molecular complexity index is 454. The lowest BCUT2D eigenvalue weighted by molar-refractivity contribution is -0.384. The van der Waals surface area contributed by atoms with Gasteiger partial charge in [-0.05, 0) is 24.9 Å².